The van der Waals surface area contributed by atoms with Gasteiger partial charge in [-0.05, 0) is 136 Å². The zero-order valence-electron chi connectivity index (χ0n) is 52.1. The van der Waals surface area contributed by atoms with Crippen LogP contribution in [-0.4, -0.2) is 13.4 Å². The number of nitrogens with zero attached hydrogens (tertiary/aromatic N) is 2. The van der Waals surface area contributed by atoms with E-state index in [1.54, 1.807) is 0 Å². The minimum Gasteiger partial charge on any atom is -0.458 e. The number of hydrogen-bond donors (Lipinski definition) is 1. The summed E-state index contributed by atoms with van der Waals surface area (Å²) >= 11 is 0. The molecule has 12 aromatic rings. The van der Waals surface area contributed by atoms with E-state index in [1.807, 2.05) is 12.1 Å². The third-order valence-corrected chi connectivity index (χ3v) is 19.1. The van der Waals surface area contributed by atoms with Crippen LogP contribution in [0.1, 0.15) is 43.3 Å². The maximum absolute atomic E-state index is 7.38. The first-order valence-corrected chi connectivity index (χ1v) is 32.0. The van der Waals surface area contributed by atoms with Gasteiger partial charge < -0.3 is 29.0 Å². The number of allylic oxidation sites excluding steroid dienone is 9. The standard InChI is InChI=1S/C85H65B2N3O3/c1-6-7-40-66(62-35-28-34-61(52-62)59-30-12-8-13-31-59)84(85(5)50-29-43-68(85)60-32-14-9-15-33-60)89-56(2)51-57(3)91-77-47-25-20-41-65(77)58(4)86(69-44-22-24-46-73(69)88-63-36-16-10-17-37-63)71-53-72-75(54-74(71)89)90(64-38-18-11-19-39-64)76-55-80-81(67-42-21-26-48-78(67)92-80)83-82(76)87(72)70-45-23-27-49-79(70)93-83/h6-55,58,88H,1,3H2,2,4-5H3/b40-7-,56-51+,84-66-. The molecule has 4 aliphatic rings. The molecule has 0 bridgehead atoms. The maximum atomic E-state index is 7.38. The van der Waals surface area contributed by atoms with Crippen LogP contribution in [-0.2, 0) is 0 Å². The first kappa shape index (κ1) is 56.7. The molecule has 1 N–H and O–H groups in total. The van der Waals surface area contributed by atoms with Crippen LogP contribution in [0.25, 0.3) is 44.2 Å². The number of hydrogen-bond acceptors (Lipinski definition) is 6. The van der Waals surface area contributed by atoms with Crippen LogP contribution in [0.5, 0.6) is 17.2 Å². The summed E-state index contributed by atoms with van der Waals surface area (Å²) in [6, 6.07) is 93.5. The van der Waals surface area contributed by atoms with Gasteiger partial charge in [0.2, 0.25) is 6.71 Å². The van der Waals surface area contributed by atoms with Gasteiger partial charge in [0, 0.05) is 62.5 Å². The van der Waals surface area contributed by atoms with Gasteiger partial charge >= 0.3 is 0 Å². The Hall–Kier alpha value is -11.5. The van der Waals surface area contributed by atoms with Crippen LogP contribution in [0.2, 0.25) is 0 Å². The summed E-state index contributed by atoms with van der Waals surface area (Å²) in [6.45, 7) is 15.4. The van der Waals surface area contributed by atoms with Crippen LogP contribution in [0.4, 0.5) is 34.1 Å². The average Bonchev–Trinajstić information content (AvgIpc) is 1.64. The summed E-state index contributed by atoms with van der Waals surface area (Å²) in [7, 11) is 0. The van der Waals surface area contributed by atoms with Crippen molar-refractivity contribution in [1.29, 1.82) is 0 Å². The van der Waals surface area contributed by atoms with Gasteiger partial charge in [0.25, 0.3) is 6.71 Å². The molecule has 0 radical (unpaired) electrons. The summed E-state index contributed by atoms with van der Waals surface area (Å²) < 4.78 is 21.5. The lowest BCUT2D eigenvalue weighted by molar-refractivity contribution is 0.440. The molecule has 0 fully saturated rings. The highest BCUT2D eigenvalue weighted by molar-refractivity contribution is 7.00. The van der Waals surface area contributed by atoms with Gasteiger partial charge in [-0.15, -0.1) is 0 Å². The summed E-state index contributed by atoms with van der Waals surface area (Å²) in [4.78, 5) is 5.01. The molecule has 1 aromatic heterocycles. The molecule has 0 amide bonds. The number of anilines is 6. The Morgan fingerprint density at radius 1 is 0.591 bits per heavy atom. The highest BCUT2D eigenvalue weighted by Gasteiger charge is 2.48. The molecule has 2 atom stereocenters. The van der Waals surface area contributed by atoms with Crippen molar-refractivity contribution >= 4 is 108 Å². The SMILES string of the molecule is C=C/C=C\C(=C(\N1/C(C)=C/C(=C)Oc2ccccc2C(C)B(c2ccccc2Nc2ccccc2)c2cc3c(cc21)N(c1ccccc1)c1cc2oc4ccccc4c2c2c1B3c1ccccc1O2)C1(C)C=CC=C1c1ccccc1)c1cccc(-c2ccccc2)c1. The summed E-state index contributed by atoms with van der Waals surface area (Å²) in [5.74, 6) is 2.63. The molecule has 6 nitrogen and oxygen atoms in total. The minimum absolute atomic E-state index is 0.225. The zero-order chi connectivity index (χ0) is 62.7. The lowest BCUT2D eigenvalue weighted by atomic mass is 9.30. The second kappa shape index (κ2) is 23.4. The van der Waals surface area contributed by atoms with Crippen LogP contribution in [0.3, 0.4) is 0 Å². The minimum atomic E-state index is -0.820. The van der Waals surface area contributed by atoms with Crippen molar-refractivity contribution in [2.75, 3.05) is 15.1 Å². The molecule has 4 heterocycles. The monoisotopic (exact) mass is 1200 g/mol. The second-order valence-electron chi connectivity index (χ2n) is 24.7. The van der Waals surface area contributed by atoms with Gasteiger partial charge in [0.1, 0.15) is 34.2 Å². The van der Waals surface area contributed by atoms with Crippen molar-refractivity contribution in [3.8, 4) is 28.4 Å². The van der Waals surface area contributed by atoms with Crippen LogP contribution in [0.15, 0.2) is 338 Å². The molecular formula is C85H65B2N3O3. The van der Waals surface area contributed by atoms with Gasteiger partial charge in [0.15, 0.2) is 0 Å². The third-order valence-electron chi connectivity index (χ3n) is 19.1. The molecule has 8 heteroatoms. The quantitative estimate of drug-likeness (QED) is 0.103. The molecule has 0 spiro atoms. The van der Waals surface area contributed by atoms with Crippen LogP contribution >= 0.6 is 0 Å². The third kappa shape index (κ3) is 9.76. The predicted molar refractivity (Wildman–Crippen MR) is 391 cm³/mol. The Bertz CT molecular complexity index is 5120. The summed E-state index contributed by atoms with van der Waals surface area (Å²) in [5, 5.41) is 5.92. The normalized spacial score (nSPS) is 17.2. The van der Waals surface area contributed by atoms with E-state index in [1.165, 1.54) is 0 Å². The van der Waals surface area contributed by atoms with E-state index < -0.39 is 5.41 Å². The molecule has 0 saturated heterocycles. The topological polar surface area (TPSA) is 50.1 Å². The Kier molecular flexibility index (Phi) is 14.3. The fraction of sp³-hybridized carbons (Fsp3) is 0.0588. The number of rotatable bonds is 11. The van der Waals surface area contributed by atoms with E-state index in [2.05, 4.69) is 334 Å². The summed E-state index contributed by atoms with van der Waals surface area (Å²) in [6.07, 6.45) is 15.3. The smallest absolute Gasteiger partial charge is 0.256 e. The van der Waals surface area contributed by atoms with E-state index in [4.69, 9.17) is 20.5 Å². The highest BCUT2D eigenvalue weighted by Crippen LogP contribution is 2.54. The van der Waals surface area contributed by atoms with Crippen molar-refractivity contribution in [2.45, 2.75) is 26.6 Å². The van der Waals surface area contributed by atoms with Crippen LogP contribution < -0.4 is 51.9 Å². The number of furan rings is 1. The van der Waals surface area contributed by atoms with E-state index in [9.17, 15) is 0 Å². The molecule has 2 unspecified atom stereocenters. The first-order valence-electron chi connectivity index (χ1n) is 32.0. The fourth-order valence-electron chi connectivity index (χ4n) is 15.1. The fourth-order valence-corrected chi connectivity index (χ4v) is 15.1. The van der Waals surface area contributed by atoms with Gasteiger partial charge in [-0.25, -0.2) is 0 Å². The summed E-state index contributed by atoms with van der Waals surface area (Å²) in [5.41, 5.74) is 21.7. The number of ether oxygens (including phenoxy) is 2. The number of para-hydroxylation sites is 6. The van der Waals surface area contributed by atoms with Crippen molar-refractivity contribution in [3.05, 3.63) is 350 Å². The highest BCUT2D eigenvalue weighted by atomic mass is 16.5. The number of fused-ring (bicyclic) bond motifs is 10. The van der Waals surface area contributed by atoms with E-state index >= 15 is 0 Å². The van der Waals surface area contributed by atoms with Crippen LogP contribution in [0, 0.1) is 5.41 Å². The Balaban J connectivity index is 1.10. The zero-order valence-corrected chi connectivity index (χ0v) is 52.1. The Morgan fingerprint density at radius 2 is 1.26 bits per heavy atom. The molecule has 93 heavy (non-hydrogen) atoms. The van der Waals surface area contributed by atoms with Gasteiger partial charge in [-0.1, -0.05) is 262 Å². The van der Waals surface area contributed by atoms with E-state index in [-0.39, 0.29) is 19.2 Å². The molecule has 0 saturated carbocycles. The Morgan fingerprint density at radius 3 is 2.04 bits per heavy atom. The van der Waals surface area contributed by atoms with Crippen molar-refractivity contribution in [3.63, 3.8) is 0 Å². The molecule has 11 aromatic carbocycles. The van der Waals surface area contributed by atoms with Gasteiger partial charge in [0.05, 0.1) is 10.8 Å². The lowest BCUT2D eigenvalue weighted by Crippen LogP contribution is -2.61. The first-order chi connectivity index (χ1) is 45.7. The van der Waals surface area contributed by atoms with Gasteiger partial charge in [-0.2, -0.15) is 0 Å². The number of benzene rings is 11. The van der Waals surface area contributed by atoms with E-state index in [0.717, 1.165) is 151 Å². The van der Waals surface area contributed by atoms with E-state index in [0.29, 0.717) is 5.76 Å². The lowest BCUT2D eigenvalue weighted by Gasteiger charge is -2.44. The van der Waals surface area contributed by atoms with Crippen molar-refractivity contribution < 1.29 is 13.9 Å². The number of nitrogens with one attached hydrogen (secondary N) is 1. The van der Waals surface area contributed by atoms with Crippen molar-refractivity contribution in [2.24, 2.45) is 5.41 Å². The molecule has 3 aliphatic heterocycles. The second-order valence-corrected chi connectivity index (χ2v) is 24.7. The largest absolute Gasteiger partial charge is 0.458 e. The molecule has 16 rings (SSSR count). The Labute approximate surface area is 544 Å². The van der Waals surface area contributed by atoms with Gasteiger partial charge in [-0.3, -0.25) is 0 Å². The predicted octanol–water partition coefficient (Wildman–Crippen LogP) is 18.8. The average molecular weight is 1200 g/mol. The maximum Gasteiger partial charge on any atom is 0.256 e. The van der Waals surface area contributed by atoms with Crippen molar-refractivity contribution in [1.82, 2.24) is 0 Å². The molecular weight excluding hydrogens is 1130 g/mol. The molecule has 444 valence electrons. The molecule has 1 aliphatic carbocycles.